The molecule has 0 saturated carbocycles. The Morgan fingerprint density at radius 2 is 1.81 bits per heavy atom. The van der Waals surface area contributed by atoms with E-state index in [-0.39, 0.29) is 37.6 Å². The second-order valence-corrected chi connectivity index (χ2v) is 10.0. The van der Waals surface area contributed by atoms with Gasteiger partial charge in [-0.25, -0.2) is 26.0 Å². The van der Waals surface area contributed by atoms with Gasteiger partial charge in [0, 0.05) is 13.1 Å². The molecule has 1 heterocycles. The van der Waals surface area contributed by atoms with E-state index >= 15 is 0 Å². The molecule has 2 aromatic rings. The van der Waals surface area contributed by atoms with Crippen molar-refractivity contribution >= 4 is 31.7 Å². The van der Waals surface area contributed by atoms with Crippen LogP contribution in [-0.2, 0) is 29.5 Å². The Labute approximate surface area is 178 Å². The topological polar surface area (TPSA) is 139 Å². The van der Waals surface area contributed by atoms with Crippen molar-refractivity contribution in [1.82, 2.24) is 4.31 Å². The number of nitrogens with zero attached hydrogens (tertiary/aromatic N) is 1. The summed E-state index contributed by atoms with van der Waals surface area (Å²) in [5.74, 6) is -2.46. The number of sulfonamides is 2. The molecule has 2 aromatic carbocycles. The van der Waals surface area contributed by atoms with Gasteiger partial charge in [-0.05, 0) is 36.4 Å². The SMILES string of the molecule is COC(=O)c1cc(S(=O)(=O)Nc2ccc(F)c(S(=O)(=O)N3CCOCC3)c2)ccc1O. The van der Waals surface area contributed by atoms with Crippen molar-refractivity contribution in [2.24, 2.45) is 0 Å². The maximum Gasteiger partial charge on any atom is 0.341 e. The van der Waals surface area contributed by atoms with Crippen LogP contribution < -0.4 is 4.72 Å². The lowest BCUT2D eigenvalue weighted by atomic mass is 10.2. The summed E-state index contributed by atoms with van der Waals surface area (Å²) in [7, 11) is -7.46. The summed E-state index contributed by atoms with van der Waals surface area (Å²) >= 11 is 0. The van der Waals surface area contributed by atoms with Gasteiger partial charge in [-0.3, -0.25) is 4.72 Å². The van der Waals surface area contributed by atoms with Crippen LogP contribution in [-0.4, -0.2) is 65.6 Å². The maximum absolute atomic E-state index is 14.3. The van der Waals surface area contributed by atoms with Gasteiger partial charge in [0.15, 0.2) is 0 Å². The predicted octanol–water partition coefficient (Wildman–Crippen LogP) is 1.14. The van der Waals surface area contributed by atoms with Crippen molar-refractivity contribution in [2.75, 3.05) is 38.1 Å². The molecule has 31 heavy (non-hydrogen) atoms. The molecule has 0 aromatic heterocycles. The number of phenols is 1. The Bertz CT molecular complexity index is 1210. The van der Waals surface area contributed by atoms with Gasteiger partial charge in [-0.15, -0.1) is 0 Å². The third-order valence-electron chi connectivity index (χ3n) is 4.45. The molecule has 1 aliphatic rings. The highest BCUT2D eigenvalue weighted by Gasteiger charge is 2.30. The van der Waals surface area contributed by atoms with Gasteiger partial charge in [0.25, 0.3) is 10.0 Å². The molecule has 168 valence electrons. The van der Waals surface area contributed by atoms with E-state index < -0.39 is 47.4 Å². The standard InChI is InChI=1S/C18H19FN2O8S2/c1-28-18(23)14-11-13(3-5-16(14)22)30(24,25)20-12-2-4-15(19)17(10-12)31(26,27)21-6-8-29-9-7-21/h2-5,10-11,20,22H,6-9H2,1H3. The number of esters is 1. The number of rotatable bonds is 6. The van der Waals surface area contributed by atoms with E-state index in [1.165, 1.54) is 0 Å². The van der Waals surface area contributed by atoms with E-state index in [0.29, 0.717) is 0 Å². The largest absolute Gasteiger partial charge is 0.507 e. The Kier molecular flexibility index (Phi) is 6.50. The molecule has 0 atom stereocenters. The van der Waals surface area contributed by atoms with E-state index in [1.54, 1.807) is 0 Å². The lowest BCUT2D eigenvalue weighted by molar-refractivity contribution is 0.0597. The molecular formula is C18H19FN2O8S2. The second-order valence-electron chi connectivity index (χ2n) is 6.44. The van der Waals surface area contributed by atoms with Crippen LogP contribution in [0.15, 0.2) is 46.2 Å². The van der Waals surface area contributed by atoms with Crippen molar-refractivity contribution in [3.8, 4) is 5.75 Å². The number of hydrogen-bond donors (Lipinski definition) is 2. The molecule has 0 aliphatic carbocycles. The van der Waals surface area contributed by atoms with Crippen molar-refractivity contribution in [2.45, 2.75) is 9.79 Å². The minimum atomic E-state index is -4.31. The molecular weight excluding hydrogens is 455 g/mol. The minimum Gasteiger partial charge on any atom is -0.507 e. The van der Waals surface area contributed by atoms with Crippen LogP contribution in [0.5, 0.6) is 5.75 Å². The quantitative estimate of drug-likeness (QED) is 0.594. The first-order valence-electron chi connectivity index (χ1n) is 8.88. The molecule has 1 aliphatic heterocycles. The zero-order valence-electron chi connectivity index (χ0n) is 16.2. The fourth-order valence-corrected chi connectivity index (χ4v) is 5.43. The Balaban J connectivity index is 1.94. The minimum absolute atomic E-state index is 0.0432. The van der Waals surface area contributed by atoms with Gasteiger partial charge in [0.1, 0.15) is 22.0 Å². The van der Waals surface area contributed by atoms with Crippen molar-refractivity contribution in [3.63, 3.8) is 0 Å². The number of aromatic hydroxyl groups is 1. The van der Waals surface area contributed by atoms with Crippen LogP contribution in [0, 0.1) is 5.82 Å². The van der Waals surface area contributed by atoms with Gasteiger partial charge in [-0.1, -0.05) is 0 Å². The van der Waals surface area contributed by atoms with Gasteiger partial charge in [-0.2, -0.15) is 4.31 Å². The second kappa shape index (κ2) is 8.78. The van der Waals surface area contributed by atoms with Crippen molar-refractivity contribution < 1.29 is 40.6 Å². The number of hydrogen-bond acceptors (Lipinski definition) is 8. The fourth-order valence-electron chi connectivity index (χ4n) is 2.86. The number of ether oxygens (including phenoxy) is 2. The Morgan fingerprint density at radius 3 is 2.45 bits per heavy atom. The van der Waals surface area contributed by atoms with E-state index in [2.05, 4.69) is 9.46 Å². The van der Waals surface area contributed by atoms with Crippen LogP contribution in [0.3, 0.4) is 0 Å². The third kappa shape index (κ3) is 4.79. The molecule has 0 spiro atoms. The van der Waals surface area contributed by atoms with Crippen LogP contribution in [0.2, 0.25) is 0 Å². The molecule has 13 heteroatoms. The normalized spacial score (nSPS) is 15.4. The van der Waals surface area contributed by atoms with E-state index in [0.717, 1.165) is 47.8 Å². The fraction of sp³-hybridized carbons (Fsp3) is 0.278. The number of benzene rings is 2. The Hall–Kier alpha value is -2.74. The molecule has 0 bridgehead atoms. The number of nitrogens with one attached hydrogen (secondary N) is 1. The average molecular weight is 474 g/mol. The molecule has 10 nitrogen and oxygen atoms in total. The van der Waals surface area contributed by atoms with Gasteiger partial charge in [0.05, 0.1) is 30.9 Å². The highest BCUT2D eigenvalue weighted by molar-refractivity contribution is 7.92. The monoisotopic (exact) mass is 474 g/mol. The summed E-state index contributed by atoms with van der Waals surface area (Å²) in [4.78, 5) is 10.6. The van der Waals surface area contributed by atoms with Crippen LogP contribution in [0.25, 0.3) is 0 Å². The smallest absolute Gasteiger partial charge is 0.341 e. The van der Waals surface area contributed by atoms with Gasteiger partial charge >= 0.3 is 5.97 Å². The van der Waals surface area contributed by atoms with E-state index in [1.807, 2.05) is 0 Å². The number of halogens is 1. The number of carbonyl (C=O) groups excluding carboxylic acids is 1. The zero-order chi connectivity index (χ0) is 22.8. The van der Waals surface area contributed by atoms with Crippen LogP contribution >= 0.6 is 0 Å². The van der Waals surface area contributed by atoms with Gasteiger partial charge in [0.2, 0.25) is 10.0 Å². The molecule has 0 amide bonds. The Morgan fingerprint density at radius 1 is 1.13 bits per heavy atom. The summed E-state index contributed by atoms with van der Waals surface area (Å²) in [5.41, 5.74) is -0.582. The third-order valence-corrected chi connectivity index (χ3v) is 7.75. The molecule has 1 saturated heterocycles. The predicted molar refractivity (Wildman–Crippen MR) is 106 cm³/mol. The number of morpholine rings is 1. The average Bonchev–Trinajstić information content (AvgIpc) is 2.75. The lowest BCUT2D eigenvalue weighted by Crippen LogP contribution is -2.40. The molecule has 0 unspecified atom stereocenters. The molecule has 0 radical (unpaired) electrons. The number of carbonyl (C=O) groups is 1. The maximum atomic E-state index is 14.3. The van der Waals surface area contributed by atoms with Crippen LogP contribution in [0.1, 0.15) is 10.4 Å². The molecule has 2 N–H and O–H groups in total. The van der Waals surface area contributed by atoms with Gasteiger partial charge < -0.3 is 14.6 Å². The van der Waals surface area contributed by atoms with E-state index in [9.17, 15) is 31.1 Å². The number of anilines is 1. The molecule has 3 rings (SSSR count). The summed E-state index contributed by atoms with van der Waals surface area (Å²) in [6, 6.07) is 5.71. The summed E-state index contributed by atoms with van der Waals surface area (Å²) in [6.45, 7) is 0.413. The first kappa shape index (κ1) is 22.9. The van der Waals surface area contributed by atoms with Crippen molar-refractivity contribution in [1.29, 1.82) is 0 Å². The lowest BCUT2D eigenvalue weighted by Gasteiger charge is -2.26. The van der Waals surface area contributed by atoms with Crippen LogP contribution in [0.4, 0.5) is 10.1 Å². The zero-order valence-corrected chi connectivity index (χ0v) is 17.9. The first-order valence-corrected chi connectivity index (χ1v) is 11.8. The highest BCUT2D eigenvalue weighted by atomic mass is 32.2. The number of phenolic OH excluding ortho intramolecular Hbond substituents is 1. The first-order chi connectivity index (χ1) is 14.6. The highest BCUT2D eigenvalue weighted by Crippen LogP contribution is 2.27. The summed E-state index contributed by atoms with van der Waals surface area (Å²) < 4.78 is 78.0. The van der Waals surface area contributed by atoms with Crippen molar-refractivity contribution in [3.05, 3.63) is 47.8 Å². The molecule has 1 fully saturated rings. The number of methoxy groups -OCH3 is 1. The van der Waals surface area contributed by atoms with E-state index in [4.69, 9.17) is 4.74 Å². The summed E-state index contributed by atoms with van der Waals surface area (Å²) in [5, 5.41) is 9.73. The summed E-state index contributed by atoms with van der Waals surface area (Å²) in [6.07, 6.45) is 0.